The molecule has 9 heteroatoms. The topological polar surface area (TPSA) is 89.2 Å². The zero-order chi connectivity index (χ0) is 19.9. The van der Waals surface area contributed by atoms with Gasteiger partial charge in [0, 0.05) is 35.7 Å². The Morgan fingerprint density at radius 3 is 2.64 bits per heavy atom. The summed E-state index contributed by atoms with van der Waals surface area (Å²) in [6.45, 7) is 1.84. The second-order valence-electron chi connectivity index (χ2n) is 6.15. The number of aryl methyl sites for hydroxylation is 1. The minimum absolute atomic E-state index is 0.00565. The van der Waals surface area contributed by atoms with Gasteiger partial charge in [-0.25, -0.2) is 17.9 Å². The summed E-state index contributed by atoms with van der Waals surface area (Å²) in [5.41, 5.74) is 2.38. The van der Waals surface area contributed by atoms with E-state index in [-0.39, 0.29) is 21.3 Å². The van der Waals surface area contributed by atoms with Gasteiger partial charge in [-0.2, -0.15) is 0 Å². The highest BCUT2D eigenvalue weighted by Gasteiger charge is 2.29. The molecule has 0 aliphatic carbocycles. The molecule has 28 heavy (non-hydrogen) atoms. The summed E-state index contributed by atoms with van der Waals surface area (Å²) in [5.74, 6) is 0.221. The van der Waals surface area contributed by atoms with Crippen LogP contribution in [0.1, 0.15) is 5.69 Å². The van der Waals surface area contributed by atoms with Crippen LogP contribution in [0.25, 0.3) is 16.9 Å². The highest BCUT2D eigenvalue weighted by Crippen LogP contribution is 2.33. The smallest absolute Gasteiger partial charge is 0.214 e. The van der Waals surface area contributed by atoms with Crippen molar-refractivity contribution in [1.82, 2.24) is 19.6 Å². The molecule has 0 radical (unpaired) electrons. The first-order valence-electron chi connectivity index (χ1n) is 8.41. The van der Waals surface area contributed by atoms with E-state index < -0.39 is 9.84 Å². The molecule has 0 fully saturated rings. The largest absolute Gasteiger partial charge is 0.370 e. The fourth-order valence-corrected chi connectivity index (χ4v) is 4.77. The number of rotatable bonds is 4. The minimum atomic E-state index is -3.91. The quantitative estimate of drug-likeness (QED) is 0.549. The molecule has 3 aromatic heterocycles. The summed E-state index contributed by atoms with van der Waals surface area (Å²) in [7, 11) is -2.29. The molecule has 0 atom stereocenters. The summed E-state index contributed by atoms with van der Waals surface area (Å²) in [4.78, 5) is 8.80. The zero-order valence-electron chi connectivity index (χ0n) is 15.1. The van der Waals surface area contributed by atoms with Crippen molar-refractivity contribution >= 4 is 32.9 Å². The molecule has 0 bridgehead atoms. The van der Waals surface area contributed by atoms with Crippen LogP contribution in [0.4, 0.5) is 5.82 Å². The van der Waals surface area contributed by atoms with Crippen LogP contribution in [0.15, 0.2) is 64.6 Å². The number of benzene rings is 1. The molecule has 0 amide bonds. The third-order valence-electron chi connectivity index (χ3n) is 4.29. The Bertz CT molecular complexity index is 1290. The molecule has 3 heterocycles. The van der Waals surface area contributed by atoms with Gasteiger partial charge in [0.05, 0.1) is 10.6 Å². The maximum absolute atomic E-state index is 13.4. The lowest BCUT2D eigenvalue weighted by molar-refractivity contribution is 0.597. The van der Waals surface area contributed by atoms with E-state index in [2.05, 4.69) is 20.4 Å². The normalized spacial score (nSPS) is 11.7. The molecule has 4 rings (SSSR count). The fraction of sp³-hybridized carbons (Fsp3) is 0.105. The Morgan fingerprint density at radius 1 is 1.14 bits per heavy atom. The second-order valence-corrected chi connectivity index (χ2v) is 8.47. The highest BCUT2D eigenvalue weighted by atomic mass is 35.5. The molecule has 4 aromatic rings. The fourth-order valence-electron chi connectivity index (χ4n) is 2.97. The van der Waals surface area contributed by atoms with Crippen LogP contribution in [0, 0.1) is 6.92 Å². The minimum Gasteiger partial charge on any atom is -0.370 e. The molecular weight excluding hydrogens is 398 g/mol. The Morgan fingerprint density at radius 2 is 1.96 bits per heavy atom. The lowest BCUT2D eigenvalue weighted by atomic mass is 10.2. The van der Waals surface area contributed by atoms with Crippen LogP contribution in [0.2, 0.25) is 5.02 Å². The van der Waals surface area contributed by atoms with Gasteiger partial charge in [-0.1, -0.05) is 17.7 Å². The van der Waals surface area contributed by atoms with Crippen LogP contribution in [-0.2, 0) is 9.84 Å². The Kier molecular flexibility index (Phi) is 4.52. The number of halogens is 1. The van der Waals surface area contributed by atoms with Gasteiger partial charge in [0.1, 0.15) is 0 Å². The van der Waals surface area contributed by atoms with E-state index >= 15 is 0 Å². The molecule has 1 aromatic carbocycles. The van der Waals surface area contributed by atoms with Crippen molar-refractivity contribution in [2.75, 3.05) is 12.4 Å². The molecule has 0 saturated carbocycles. The first-order valence-corrected chi connectivity index (χ1v) is 10.3. The van der Waals surface area contributed by atoms with Crippen molar-refractivity contribution in [3.8, 4) is 11.3 Å². The van der Waals surface area contributed by atoms with Crippen LogP contribution in [-0.4, -0.2) is 35.0 Å². The van der Waals surface area contributed by atoms with Crippen molar-refractivity contribution < 1.29 is 8.42 Å². The zero-order valence-corrected chi connectivity index (χ0v) is 16.7. The number of anilines is 1. The van der Waals surface area contributed by atoms with Crippen LogP contribution < -0.4 is 5.32 Å². The van der Waals surface area contributed by atoms with E-state index in [1.165, 1.54) is 16.6 Å². The van der Waals surface area contributed by atoms with Gasteiger partial charge in [0.2, 0.25) is 9.84 Å². The van der Waals surface area contributed by atoms with E-state index in [4.69, 9.17) is 11.6 Å². The van der Waals surface area contributed by atoms with Gasteiger partial charge in [-0.05, 0) is 43.3 Å². The SMILES string of the molecule is CNc1nn2c(C)cc(-c3cccnc3)nc2c1S(=O)(=O)c1cccc(Cl)c1. The molecule has 0 saturated heterocycles. The van der Waals surface area contributed by atoms with E-state index in [0.29, 0.717) is 10.7 Å². The van der Waals surface area contributed by atoms with Gasteiger partial charge in [-0.15, -0.1) is 5.10 Å². The second kappa shape index (κ2) is 6.88. The summed E-state index contributed by atoms with van der Waals surface area (Å²) in [6.07, 6.45) is 3.35. The van der Waals surface area contributed by atoms with Crippen molar-refractivity contribution in [3.63, 3.8) is 0 Å². The van der Waals surface area contributed by atoms with E-state index in [1.54, 1.807) is 37.6 Å². The first kappa shape index (κ1) is 18.4. The third kappa shape index (κ3) is 3.00. The predicted molar refractivity (Wildman–Crippen MR) is 107 cm³/mol. The van der Waals surface area contributed by atoms with E-state index in [0.717, 1.165) is 11.3 Å². The van der Waals surface area contributed by atoms with Crippen molar-refractivity contribution in [1.29, 1.82) is 0 Å². The molecule has 1 N–H and O–H groups in total. The molecule has 7 nitrogen and oxygen atoms in total. The van der Waals surface area contributed by atoms with Gasteiger partial charge in [0.25, 0.3) is 0 Å². The standard InChI is InChI=1S/C19H16ClN5O2S/c1-12-9-16(13-5-4-8-22-11-13)23-19-17(18(21-2)24-25(12)19)28(26,27)15-7-3-6-14(20)10-15/h3-11H,1-2H3,(H,21,24). The highest BCUT2D eigenvalue weighted by molar-refractivity contribution is 7.91. The predicted octanol–water partition coefficient (Wildman–Crippen LogP) is 3.63. The number of nitrogens with one attached hydrogen (secondary N) is 1. The van der Waals surface area contributed by atoms with Gasteiger partial charge in [0.15, 0.2) is 16.4 Å². The summed E-state index contributed by atoms with van der Waals surface area (Å²) in [6, 6.07) is 11.6. The van der Waals surface area contributed by atoms with Gasteiger partial charge in [-0.3, -0.25) is 4.98 Å². The Labute approximate surface area is 166 Å². The van der Waals surface area contributed by atoms with Gasteiger partial charge >= 0.3 is 0 Å². The molecule has 0 aliphatic rings. The summed E-state index contributed by atoms with van der Waals surface area (Å²) < 4.78 is 28.3. The lowest BCUT2D eigenvalue weighted by Gasteiger charge is -2.07. The molecule has 0 aliphatic heterocycles. The maximum atomic E-state index is 13.4. The summed E-state index contributed by atoms with van der Waals surface area (Å²) >= 11 is 6.01. The van der Waals surface area contributed by atoms with Crippen LogP contribution in [0.3, 0.4) is 0 Å². The van der Waals surface area contributed by atoms with Gasteiger partial charge < -0.3 is 5.32 Å². The Balaban J connectivity index is 2.03. The van der Waals surface area contributed by atoms with Crippen LogP contribution in [0.5, 0.6) is 0 Å². The molecular formula is C19H16ClN5O2S. The molecule has 142 valence electrons. The Hall–Kier alpha value is -2.97. The number of hydrogen-bond donors (Lipinski definition) is 1. The number of pyridine rings is 1. The number of nitrogens with zero attached hydrogens (tertiary/aromatic N) is 4. The summed E-state index contributed by atoms with van der Waals surface area (Å²) in [5, 5.41) is 7.60. The lowest BCUT2D eigenvalue weighted by Crippen LogP contribution is -2.06. The number of fused-ring (bicyclic) bond motifs is 1. The average molecular weight is 414 g/mol. The molecule has 0 spiro atoms. The van der Waals surface area contributed by atoms with E-state index in [9.17, 15) is 8.42 Å². The van der Waals surface area contributed by atoms with E-state index in [1.807, 2.05) is 19.1 Å². The number of aromatic nitrogens is 4. The monoisotopic (exact) mass is 413 g/mol. The number of hydrogen-bond acceptors (Lipinski definition) is 6. The first-order chi connectivity index (χ1) is 13.4. The third-order valence-corrected chi connectivity index (χ3v) is 6.32. The van der Waals surface area contributed by atoms with Crippen molar-refractivity contribution in [3.05, 3.63) is 65.6 Å². The van der Waals surface area contributed by atoms with Crippen molar-refractivity contribution in [2.24, 2.45) is 0 Å². The number of sulfone groups is 1. The molecule has 0 unspecified atom stereocenters. The average Bonchev–Trinajstić information content (AvgIpc) is 3.08. The van der Waals surface area contributed by atoms with Crippen molar-refractivity contribution in [2.45, 2.75) is 16.7 Å². The maximum Gasteiger partial charge on any atom is 0.214 e. The van der Waals surface area contributed by atoms with Crippen LogP contribution >= 0.6 is 11.6 Å².